The maximum Gasteiger partial charge on any atom is 0.313 e. The third kappa shape index (κ3) is 3.38. The van der Waals surface area contributed by atoms with Crippen molar-refractivity contribution in [2.45, 2.75) is 26.8 Å². The first-order valence-corrected chi connectivity index (χ1v) is 5.89. The van der Waals surface area contributed by atoms with Crippen molar-refractivity contribution in [2.24, 2.45) is 11.1 Å². The molecule has 0 saturated carbocycles. The molecule has 0 saturated heterocycles. The van der Waals surface area contributed by atoms with Crippen LogP contribution in [0.4, 0.5) is 4.39 Å². The Labute approximate surface area is 123 Å². The summed E-state index contributed by atoms with van der Waals surface area (Å²) < 4.78 is 18.5. The zero-order valence-corrected chi connectivity index (χ0v) is 12.9. The van der Waals surface area contributed by atoms with E-state index in [1.807, 2.05) is 0 Å². The second-order valence-corrected chi connectivity index (χ2v) is 5.16. The molecule has 6 heteroatoms. The van der Waals surface area contributed by atoms with Gasteiger partial charge in [-0.2, -0.15) is 0 Å². The second kappa shape index (κ2) is 6.55. The number of benzene rings is 1. The van der Waals surface area contributed by atoms with E-state index in [0.717, 1.165) is 0 Å². The van der Waals surface area contributed by atoms with Gasteiger partial charge >= 0.3 is 5.97 Å². The van der Waals surface area contributed by atoms with E-state index in [1.165, 1.54) is 13.2 Å². The van der Waals surface area contributed by atoms with Gasteiger partial charge in [-0.1, -0.05) is 17.7 Å². The molecular weight excluding hydrogens is 292 g/mol. The van der Waals surface area contributed by atoms with Crippen molar-refractivity contribution in [2.75, 3.05) is 7.11 Å². The summed E-state index contributed by atoms with van der Waals surface area (Å²) in [5.74, 6) is -1.03. The van der Waals surface area contributed by atoms with Crippen molar-refractivity contribution in [3.63, 3.8) is 0 Å². The number of hydrogen-bond donors (Lipinski definition) is 1. The SMILES string of the molecule is COC(=O)C(C)(C)[C@H](N)c1c(F)ccc(C)c1Cl.Cl. The van der Waals surface area contributed by atoms with E-state index in [4.69, 9.17) is 17.3 Å². The van der Waals surface area contributed by atoms with Gasteiger partial charge in [0.2, 0.25) is 0 Å². The predicted octanol–water partition coefficient (Wildman–Crippen LogP) is 3.41. The lowest BCUT2D eigenvalue weighted by Crippen LogP contribution is -2.38. The maximum atomic E-state index is 13.9. The topological polar surface area (TPSA) is 52.3 Å². The van der Waals surface area contributed by atoms with Crippen molar-refractivity contribution in [1.82, 2.24) is 0 Å². The Kier molecular flexibility index (Phi) is 6.26. The lowest BCUT2D eigenvalue weighted by molar-refractivity contribution is -0.152. The van der Waals surface area contributed by atoms with Gasteiger partial charge in [-0.05, 0) is 32.4 Å². The number of esters is 1. The van der Waals surface area contributed by atoms with Gasteiger partial charge in [0.1, 0.15) is 5.82 Å². The van der Waals surface area contributed by atoms with Gasteiger partial charge < -0.3 is 10.5 Å². The molecule has 0 aliphatic rings. The van der Waals surface area contributed by atoms with Crippen molar-refractivity contribution in [3.8, 4) is 0 Å². The molecule has 0 heterocycles. The Morgan fingerprint density at radius 1 is 1.47 bits per heavy atom. The van der Waals surface area contributed by atoms with E-state index in [2.05, 4.69) is 4.74 Å². The van der Waals surface area contributed by atoms with Crippen molar-refractivity contribution < 1.29 is 13.9 Å². The largest absolute Gasteiger partial charge is 0.469 e. The number of hydrogen-bond acceptors (Lipinski definition) is 3. The van der Waals surface area contributed by atoms with Crippen LogP contribution in [0.2, 0.25) is 5.02 Å². The Bertz CT molecular complexity index is 478. The summed E-state index contributed by atoms with van der Waals surface area (Å²) in [4.78, 5) is 11.7. The minimum absolute atomic E-state index is 0. The van der Waals surface area contributed by atoms with E-state index in [1.54, 1.807) is 26.8 Å². The highest BCUT2D eigenvalue weighted by atomic mass is 35.5. The Hall–Kier alpha value is -0.840. The summed E-state index contributed by atoms with van der Waals surface area (Å²) in [5, 5.41) is 0.250. The molecule has 1 atom stereocenters. The highest BCUT2D eigenvalue weighted by molar-refractivity contribution is 6.32. The van der Waals surface area contributed by atoms with E-state index >= 15 is 0 Å². The number of rotatable bonds is 3. The molecule has 0 spiro atoms. The predicted molar refractivity (Wildman–Crippen MR) is 76.1 cm³/mol. The minimum Gasteiger partial charge on any atom is -0.469 e. The first kappa shape index (κ1) is 18.2. The van der Waals surface area contributed by atoms with E-state index < -0.39 is 23.2 Å². The smallest absolute Gasteiger partial charge is 0.313 e. The normalized spacial score (nSPS) is 12.6. The lowest BCUT2D eigenvalue weighted by atomic mass is 9.80. The summed E-state index contributed by atoms with van der Waals surface area (Å²) in [6.45, 7) is 4.95. The molecule has 0 aliphatic heterocycles. The van der Waals surface area contributed by atoms with Gasteiger partial charge in [0.05, 0.1) is 17.5 Å². The van der Waals surface area contributed by atoms with Crippen LogP contribution in [0.25, 0.3) is 0 Å². The van der Waals surface area contributed by atoms with E-state index in [9.17, 15) is 9.18 Å². The van der Waals surface area contributed by atoms with Crippen LogP contribution in [0.1, 0.15) is 31.0 Å². The Balaban J connectivity index is 0.00000324. The molecule has 1 aromatic rings. The Morgan fingerprint density at radius 3 is 2.47 bits per heavy atom. The highest BCUT2D eigenvalue weighted by Crippen LogP contribution is 2.38. The fraction of sp³-hybridized carbons (Fsp3) is 0.462. The molecule has 1 rings (SSSR count). The van der Waals surface area contributed by atoms with Gasteiger partial charge in [0.15, 0.2) is 0 Å². The summed E-state index contributed by atoms with van der Waals surface area (Å²) in [6, 6.07) is 1.99. The molecule has 0 unspecified atom stereocenters. The molecule has 0 bridgehead atoms. The number of halogens is 3. The summed E-state index contributed by atoms with van der Waals surface area (Å²) in [6.07, 6.45) is 0. The molecule has 19 heavy (non-hydrogen) atoms. The van der Waals surface area contributed by atoms with Crippen LogP contribution in [-0.2, 0) is 9.53 Å². The highest BCUT2D eigenvalue weighted by Gasteiger charge is 2.39. The van der Waals surface area contributed by atoms with Crippen molar-refractivity contribution in [3.05, 3.63) is 34.1 Å². The fourth-order valence-corrected chi connectivity index (χ4v) is 1.99. The van der Waals surface area contributed by atoms with E-state index in [-0.39, 0.29) is 23.0 Å². The number of ether oxygens (including phenoxy) is 1. The first-order valence-electron chi connectivity index (χ1n) is 5.52. The van der Waals surface area contributed by atoms with Gasteiger partial charge in [-0.15, -0.1) is 12.4 Å². The van der Waals surface area contributed by atoms with Gasteiger partial charge in [0.25, 0.3) is 0 Å². The molecule has 0 aromatic heterocycles. The third-order valence-corrected chi connectivity index (χ3v) is 3.62. The van der Waals surface area contributed by atoms with Crippen LogP contribution in [0.15, 0.2) is 12.1 Å². The molecule has 3 nitrogen and oxygen atoms in total. The summed E-state index contributed by atoms with van der Waals surface area (Å²) in [7, 11) is 1.27. The number of carbonyl (C=O) groups excluding carboxylic acids is 1. The maximum absolute atomic E-state index is 13.9. The van der Waals surface area contributed by atoms with Gasteiger partial charge in [-0.3, -0.25) is 4.79 Å². The molecule has 0 fully saturated rings. The number of nitrogens with two attached hydrogens (primary N) is 1. The molecule has 1 aromatic carbocycles. The summed E-state index contributed by atoms with van der Waals surface area (Å²) >= 11 is 6.08. The minimum atomic E-state index is -1.06. The standard InChI is InChI=1S/C13H17ClFNO2.ClH/c1-7-5-6-8(15)9(10(7)14)11(16)13(2,3)12(17)18-4;/h5-6,11H,16H2,1-4H3;1H/t11-;/m1./s1. The van der Waals surface area contributed by atoms with Crippen LogP contribution in [0.5, 0.6) is 0 Å². The second-order valence-electron chi connectivity index (χ2n) is 4.78. The van der Waals surface area contributed by atoms with Crippen LogP contribution in [-0.4, -0.2) is 13.1 Å². The molecular formula is C13H18Cl2FNO2. The van der Waals surface area contributed by atoms with Gasteiger partial charge in [-0.25, -0.2) is 4.39 Å². The Morgan fingerprint density at radius 2 is 2.00 bits per heavy atom. The van der Waals surface area contributed by atoms with E-state index in [0.29, 0.717) is 5.56 Å². The van der Waals surface area contributed by atoms with Crippen LogP contribution in [0.3, 0.4) is 0 Å². The molecule has 0 amide bonds. The average Bonchev–Trinajstić information content (AvgIpc) is 2.33. The lowest BCUT2D eigenvalue weighted by Gasteiger charge is -2.30. The molecule has 108 valence electrons. The molecule has 0 aliphatic carbocycles. The third-order valence-electron chi connectivity index (χ3n) is 3.12. The van der Waals surface area contributed by atoms with Crippen molar-refractivity contribution >= 4 is 30.0 Å². The van der Waals surface area contributed by atoms with Crippen LogP contribution >= 0.6 is 24.0 Å². The number of aryl methyl sites for hydroxylation is 1. The monoisotopic (exact) mass is 309 g/mol. The first-order chi connectivity index (χ1) is 8.23. The zero-order chi connectivity index (χ0) is 14.1. The zero-order valence-electron chi connectivity index (χ0n) is 11.3. The number of carbonyl (C=O) groups is 1. The summed E-state index contributed by atoms with van der Waals surface area (Å²) in [5.41, 5.74) is 5.79. The van der Waals surface area contributed by atoms with Crippen LogP contribution in [0, 0.1) is 18.2 Å². The fourth-order valence-electron chi connectivity index (χ4n) is 1.71. The van der Waals surface area contributed by atoms with Gasteiger partial charge in [0, 0.05) is 11.6 Å². The van der Waals surface area contributed by atoms with Crippen molar-refractivity contribution in [1.29, 1.82) is 0 Å². The quantitative estimate of drug-likeness (QED) is 0.871. The number of methoxy groups -OCH3 is 1. The molecule has 2 N–H and O–H groups in total. The molecule has 0 radical (unpaired) electrons. The van der Waals surface area contributed by atoms with Crippen LogP contribution < -0.4 is 5.73 Å². The average molecular weight is 310 g/mol.